The molecule has 0 aromatic carbocycles. The van der Waals surface area contributed by atoms with E-state index in [-0.39, 0.29) is 21.3 Å². The molecule has 1 aliphatic rings. The predicted octanol–water partition coefficient (Wildman–Crippen LogP) is 3.99. The third kappa shape index (κ3) is 5.61. The number of carbonyl (C=O) groups excluding carboxylic acids is 1. The fourth-order valence-electron chi connectivity index (χ4n) is 2.74. The largest absolute Gasteiger partial charge is 0.466 e. The molecule has 5 nitrogen and oxygen atoms in total. The van der Waals surface area contributed by atoms with Crippen molar-refractivity contribution in [2.24, 2.45) is 5.92 Å². The van der Waals surface area contributed by atoms with E-state index >= 15 is 0 Å². The van der Waals surface area contributed by atoms with Crippen molar-refractivity contribution in [3.05, 3.63) is 15.6 Å². The average molecular weight is 507 g/mol. The zero-order valence-corrected chi connectivity index (χ0v) is 16.7. The van der Waals surface area contributed by atoms with Gasteiger partial charge in [0.05, 0.1) is 24.4 Å². The summed E-state index contributed by atoms with van der Waals surface area (Å²) in [7, 11) is 0. The number of hydrogen-bond acceptors (Lipinski definition) is 5. The standard InChI is InChI=1S/C16H19F5IN3O2/c1-2-27-14(26)10-4-7-25(8-5-10)12-9-23-13(22)11(24-12)3-6-15(17,18)16(19,20)21/h9-10H,2-8H2,1H3. The summed E-state index contributed by atoms with van der Waals surface area (Å²) in [4.78, 5) is 21.9. The Morgan fingerprint density at radius 2 is 1.93 bits per heavy atom. The minimum absolute atomic E-state index is 0.101. The van der Waals surface area contributed by atoms with E-state index in [1.807, 2.05) is 4.90 Å². The SMILES string of the molecule is CCOC(=O)C1CCN(c2cnc(I)c(CCC(F)(F)C(F)(F)F)n2)CC1. The molecular weight excluding hydrogens is 488 g/mol. The van der Waals surface area contributed by atoms with E-state index < -0.39 is 24.9 Å². The van der Waals surface area contributed by atoms with Gasteiger partial charge in [-0.2, -0.15) is 22.0 Å². The first-order chi connectivity index (χ1) is 12.5. The summed E-state index contributed by atoms with van der Waals surface area (Å²) in [6, 6.07) is 0. The van der Waals surface area contributed by atoms with Crippen LogP contribution in [0.25, 0.3) is 0 Å². The van der Waals surface area contributed by atoms with Gasteiger partial charge in [-0.25, -0.2) is 9.97 Å². The van der Waals surface area contributed by atoms with Crippen molar-refractivity contribution < 1.29 is 31.5 Å². The Balaban J connectivity index is 2.02. The highest BCUT2D eigenvalue weighted by atomic mass is 127. The highest BCUT2D eigenvalue weighted by Gasteiger charge is 2.56. The number of aryl methyl sites for hydroxylation is 1. The molecule has 1 aromatic heterocycles. The summed E-state index contributed by atoms with van der Waals surface area (Å²) in [6.07, 6.45) is -4.95. The zero-order valence-electron chi connectivity index (χ0n) is 14.5. The van der Waals surface area contributed by atoms with Gasteiger partial charge in [0.2, 0.25) is 0 Å². The zero-order chi connectivity index (χ0) is 20.2. The van der Waals surface area contributed by atoms with Crippen LogP contribution >= 0.6 is 22.6 Å². The topological polar surface area (TPSA) is 55.3 Å². The molecule has 0 atom stereocenters. The molecule has 27 heavy (non-hydrogen) atoms. The van der Waals surface area contributed by atoms with Crippen LogP contribution in [0.2, 0.25) is 0 Å². The van der Waals surface area contributed by atoms with E-state index in [4.69, 9.17) is 4.74 Å². The monoisotopic (exact) mass is 507 g/mol. The second-order valence-electron chi connectivity index (χ2n) is 6.18. The molecule has 0 unspecified atom stereocenters. The van der Waals surface area contributed by atoms with Crippen LogP contribution < -0.4 is 4.90 Å². The maximum absolute atomic E-state index is 13.2. The lowest BCUT2D eigenvalue weighted by atomic mass is 9.97. The van der Waals surface area contributed by atoms with Gasteiger partial charge < -0.3 is 9.64 Å². The third-order valence-electron chi connectivity index (χ3n) is 4.31. The van der Waals surface area contributed by atoms with Crippen LogP contribution in [-0.4, -0.2) is 47.7 Å². The number of hydrogen-bond donors (Lipinski definition) is 0. The molecule has 2 rings (SSSR count). The minimum Gasteiger partial charge on any atom is -0.466 e. The number of alkyl halides is 5. The molecule has 1 aromatic rings. The maximum atomic E-state index is 13.2. The van der Waals surface area contributed by atoms with Crippen molar-refractivity contribution in [3.8, 4) is 0 Å². The molecule has 0 spiro atoms. The van der Waals surface area contributed by atoms with Crippen LogP contribution in [-0.2, 0) is 16.0 Å². The van der Waals surface area contributed by atoms with Gasteiger partial charge in [-0.1, -0.05) is 0 Å². The molecule has 1 aliphatic heterocycles. The summed E-state index contributed by atoms with van der Waals surface area (Å²) in [6.45, 7) is 3.04. The minimum atomic E-state index is -5.58. The fraction of sp³-hybridized carbons (Fsp3) is 0.688. The quantitative estimate of drug-likeness (QED) is 0.331. The van der Waals surface area contributed by atoms with Crippen LogP contribution in [0, 0.1) is 9.62 Å². The Kier molecular flexibility index (Phi) is 7.20. The Morgan fingerprint density at radius 3 is 2.48 bits per heavy atom. The second-order valence-corrected chi connectivity index (χ2v) is 7.20. The van der Waals surface area contributed by atoms with Crippen molar-refractivity contribution in [3.63, 3.8) is 0 Å². The van der Waals surface area contributed by atoms with Gasteiger partial charge in [0.1, 0.15) is 9.52 Å². The summed E-state index contributed by atoms with van der Waals surface area (Å²) in [5.74, 6) is -4.82. The number of piperidine rings is 1. The smallest absolute Gasteiger partial charge is 0.453 e. The van der Waals surface area contributed by atoms with Crippen LogP contribution in [0.1, 0.15) is 31.9 Å². The van der Waals surface area contributed by atoms with Crippen molar-refractivity contribution >= 4 is 34.4 Å². The molecule has 152 valence electrons. The second kappa shape index (κ2) is 8.82. The molecule has 0 radical (unpaired) electrons. The third-order valence-corrected chi connectivity index (χ3v) is 5.21. The van der Waals surface area contributed by atoms with Gasteiger partial charge in [0.25, 0.3) is 0 Å². The highest BCUT2D eigenvalue weighted by Crippen LogP contribution is 2.39. The van der Waals surface area contributed by atoms with E-state index in [2.05, 4.69) is 9.97 Å². The van der Waals surface area contributed by atoms with E-state index in [9.17, 15) is 26.7 Å². The molecule has 1 fully saturated rings. The van der Waals surface area contributed by atoms with E-state index in [1.165, 1.54) is 6.20 Å². The van der Waals surface area contributed by atoms with E-state index in [0.717, 1.165) is 0 Å². The molecule has 11 heteroatoms. The molecular formula is C16H19F5IN3O2. The Morgan fingerprint density at radius 1 is 1.30 bits per heavy atom. The first kappa shape index (κ1) is 22.0. The first-order valence-corrected chi connectivity index (χ1v) is 9.50. The normalized spacial score (nSPS) is 16.5. The van der Waals surface area contributed by atoms with Gasteiger partial charge >= 0.3 is 18.1 Å². The number of carbonyl (C=O) groups is 1. The van der Waals surface area contributed by atoms with Crippen molar-refractivity contribution in [2.45, 2.75) is 44.7 Å². The molecule has 1 saturated heterocycles. The first-order valence-electron chi connectivity index (χ1n) is 8.42. The summed E-state index contributed by atoms with van der Waals surface area (Å²) in [5, 5.41) is 0. The summed E-state index contributed by atoms with van der Waals surface area (Å²) >= 11 is 1.76. The van der Waals surface area contributed by atoms with Crippen LogP contribution in [0.3, 0.4) is 0 Å². The van der Waals surface area contributed by atoms with Crippen LogP contribution in [0.15, 0.2) is 6.20 Å². The Labute approximate surface area is 166 Å². The lowest BCUT2D eigenvalue weighted by Crippen LogP contribution is -2.38. The molecule has 0 N–H and O–H groups in total. The average Bonchev–Trinajstić information content (AvgIpc) is 2.60. The van der Waals surface area contributed by atoms with Gasteiger partial charge in [-0.3, -0.25) is 4.79 Å². The van der Waals surface area contributed by atoms with Crippen LogP contribution in [0.5, 0.6) is 0 Å². The van der Waals surface area contributed by atoms with Gasteiger partial charge in [-0.05, 0) is 48.8 Å². The molecule has 0 aliphatic carbocycles. The number of ether oxygens (including phenoxy) is 1. The van der Waals surface area contributed by atoms with Gasteiger partial charge in [0, 0.05) is 19.5 Å². The molecule has 0 bridgehead atoms. The Hall–Kier alpha value is -1.27. The predicted molar refractivity (Wildman–Crippen MR) is 95.6 cm³/mol. The number of halogens is 6. The van der Waals surface area contributed by atoms with Crippen molar-refractivity contribution in [1.29, 1.82) is 0 Å². The van der Waals surface area contributed by atoms with E-state index in [1.54, 1.807) is 29.5 Å². The Bertz CT molecular complexity index is 664. The number of esters is 1. The van der Waals surface area contributed by atoms with E-state index in [0.29, 0.717) is 38.4 Å². The van der Waals surface area contributed by atoms with Gasteiger partial charge in [0.15, 0.2) is 0 Å². The van der Waals surface area contributed by atoms with Crippen molar-refractivity contribution in [2.75, 3.05) is 24.6 Å². The maximum Gasteiger partial charge on any atom is 0.453 e. The van der Waals surface area contributed by atoms with Gasteiger partial charge in [-0.15, -0.1) is 0 Å². The number of nitrogens with zero attached hydrogens (tertiary/aromatic N) is 3. The van der Waals surface area contributed by atoms with Crippen molar-refractivity contribution in [1.82, 2.24) is 9.97 Å². The number of aromatic nitrogens is 2. The summed E-state index contributed by atoms with van der Waals surface area (Å²) < 4.78 is 68.6. The highest BCUT2D eigenvalue weighted by molar-refractivity contribution is 14.1. The molecule has 0 amide bonds. The number of anilines is 1. The number of rotatable bonds is 6. The summed E-state index contributed by atoms with van der Waals surface area (Å²) in [5.41, 5.74) is 0.101. The lowest BCUT2D eigenvalue weighted by Gasteiger charge is -2.31. The van der Waals surface area contributed by atoms with Crippen LogP contribution in [0.4, 0.5) is 27.8 Å². The molecule has 2 heterocycles. The lowest BCUT2D eigenvalue weighted by molar-refractivity contribution is -0.284. The molecule has 0 saturated carbocycles. The fourth-order valence-corrected chi connectivity index (χ4v) is 3.26.